The average Bonchev–Trinajstić information content (AvgIpc) is 3.07. The molecule has 1 aliphatic carbocycles. The summed E-state index contributed by atoms with van der Waals surface area (Å²) in [5.74, 6) is 0.0736. The van der Waals surface area contributed by atoms with Gasteiger partial charge in [-0.3, -0.25) is 4.79 Å². The maximum atomic E-state index is 12.9. The van der Waals surface area contributed by atoms with E-state index in [1.54, 1.807) is 17.4 Å². The van der Waals surface area contributed by atoms with Crippen molar-refractivity contribution < 1.29 is 9.90 Å². The number of amides is 1. The lowest BCUT2D eigenvalue weighted by Gasteiger charge is -2.34. The number of fused-ring (bicyclic) bond motifs is 1. The van der Waals surface area contributed by atoms with E-state index in [-0.39, 0.29) is 11.7 Å². The molecule has 1 amide bonds. The van der Waals surface area contributed by atoms with Gasteiger partial charge in [0.25, 0.3) is 5.91 Å². The third-order valence-corrected chi connectivity index (χ3v) is 6.15. The SMILES string of the molecule is Cc1csc(N2CCN(C(=O)c3cc4c(cc3O)CCCC4)CC2)n1. The Morgan fingerprint density at radius 3 is 2.44 bits per heavy atom. The minimum absolute atomic E-state index is 0.0548. The van der Waals surface area contributed by atoms with Gasteiger partial charge in [-0.15, -0.1) is 11.3 Å². The van der Waals surface area contributed by atoms with Crippen molar-refractivity contribution in [3.05, 3.63) is 39.9 Å². The molecule has 1 aromatic heterocycles. The highest BCUT2D eigenvalue weighted by atomic mass is 32.1. The monoisotopic (exact) mass is 357 g/mol. The van der Waals surface area contributed by atoms with Crippen LogP contribution in [0.3, 0.4) is 0 Å². The number of aryl methyl sites for hydroxylation is 3. The summed E-state index contributed by atoms with van der Waals surface area (Å²) in [6.45, 7) is 4.88. The summed E-state index contributed by atoms with van der Waals surface area (Å²) in [6.07, 6.45) is 4.34. The van der Waals surface area contributed by atoms with Gasteiger partial charge >= 0.3 is 0 Å². The van der Waals surface area contributed by atoms with Crippen LogP contribution in [0, 0.1) is 6.92 Å². The summed E-state index contributed by atoms with van der Waals surface area (Å²) >= 11 is 1.65. The number of piperazine rings is 1. The summed E-state index contributed by atoms with van der Waals surface area (Å²) in [7, 11) is 0. The normalized spacial score (nSPS) is 17.5. The predicted molar refractivity (Wildman–Crippen MR) is 99.7 cm³/mol. The summed E-state index contributed by atoms with van der Waals surface area (Å²) in [5, 5.41) is 13.4. The fourth-order valence-corrected chi connectivity index (χ4v) is 4.56. The van der Waals surface area contributed by atoms with Gasteiger partial charge in [-0.1, -0.05) is 0 Å². The molecular formula is C19H23N3O2S. The smallest absolute Gasteiger partial charge is 0.257 e. The zero-order valence-electron chi connectivity index (χ0n) is 14.5. The van der Waals surface area contributed by atoms with Crippen LogP contribution >= 0.6 is 11.3 Å². The van der Waals surface area contributed by atoms with E-state index >= 15 is 0 Å². The van der Waals surface area contributed by atoms with Crippen molar-refractivity contribution in [1.82, 2.24) is 9.88 Å². The predicted octanol–water partition coefficient (Wildman–Crippen LogP) is 3.00. The quantitative estimate of drug-likeness (QED) is 0.898. The maximum Gasteiger partial charge on any atom is 0.257 e. The van der Waals surface area contributed by atoms with Crippen LogP contribution in [-0.4, -0.2) is 47.1 Å². The minimum atomic E-state index is -0.0548. The molecule has 0 spiro atoms. The van der Waals surface area contributed by atoms with Gasteiger partial charge in [0.1, 0.15) is 5.75 Å². The number of anilines is 1. The molecule has 0 unspecified atom stereocenters. The van der Waals surface area contributed by atoms with Gasteiger partial charge < -0.3 is 14.9 Å². The van der Waals surface area contributed by atoms with E-state index in [1.165, 1.54) is 11.1 Å². The lowest BCUT2D eigenvalue weighted by atomic mass is 9.89. The van der Waals surface area contributed by atoms with Crippen molar-refractivity contribution in [2.45, 2.75) is 32.6 Å². The number of rotatable bonds is 2. The largest absolute Gasteiger partial charge is 0.507 e. The lowest BCUT2D eigenvalue weighted by Crippen LogP contribution is -2.48. The summed E-state index contributed by atoms with van der Waals surface area (Å²) in [5.41, 5.74) is 3.92. The molecule has 1 N–H and O–H groups in total. The van der Waals surface area contributed by atoms with Gasteiger partial charge in [0.2, 0.25) is 0 Å². The number of carbonyl (C=O) groups excluding carboxylic acids is 1. The molecule has 1 aliphatic heterocycles. The van der Waals surface area contributed by atoms with E-state index in [2.05, 4.69) is 15.3 Å². The van der Waals surface area contributed by atoms with Crippen LogP contribution in [0.5, 0.6) is 5.75 Å². The third-order valence-electron chi connectivity index (χ3n) is 5.13. The number of carbonyl (C=O) groups is 1. The van der Waals surface area contributed by atoms with Gasteiger partial charge in [0.15, 0.2) is 5.13 Å². The molecule has 4 rings (SSSR count). The number of aromatic hydroxyl groups is 1. The highest BCUT2D eigenvalue weighted by molar-refractivity contribution is 7.13. The van der Waals surface area contributed by atoms with E-state index in [4.69, 9.17) is 0 Å². The van der Waals surface area contributed by atoms with Crippen LogP contribution in [0.2, 0.25) is 0 Å². The molecule has 2 aliphatic rings. The molecule has 0 radical (unpaired) electrons. The van der Waals surface area contributed by atoms with Crippen LogP contribution in [0.4, 0.5) is 5.13 Å². The highest BCUT2D eigenvalue weighted by Crippen LogP contribution is 2.30. The number of aromatic nitrogens is 1. The number of nitrogens with zero attached hydrogens (tertiary/aromatic N) is 3. The Labute approximate surface area is 151 Å². The molecule has 0 bridgehead atoms. The molecule has 5 nitrogen and oxygen atoms in total. The van der Waals surface area contributed by atoms with E-state index in [0.29, 0.717) is 18.7 Å². The summed E-state index contributed by atoms with van der Waals surface area (Å²) in [6, 6.07) is 3.72. The number of thiazole rings is 1. The zero-order chi connectivity index (χ0) is 17.4. The van der Waals surface area contributed by atoms with Crippen molar-refractivity contribution in [3.63, 3.8) is 0 Å². The van der Waals surface area contributed by atoms with Gasteiger partial charge in [-0.05, 0) is 55.9 Å². The van der Waals surface area contributed by atoms with Crippen molar-refractivity contribution >= 4 is 22.4 Å². The second-order valence-electron chi connectivity index (χ2n) is 6.90. The van der Waals surface area contributed by atoms with Crippen molar-refractivity contribution in [2.75, 3.05) is 31.1 Å². The summed E-state index contributed by atoms with van der Waals surface area (Å²) < 4.78 is 0. The molecule has 0 saturated carbocycles. The lowest BCUT2D eigenvalue weighted by molar-refractivity contribution is 0.0743. The minimum Gasteiger partial charge on any atom is -0.507 e. The van der Waals surface area contributed by atoms with E-state index in [9.17, 15) is 9.90 Å². The Bertz CT molecular complexity index is 794. The third kappa shape index (κ3) is 3.23. The average molecular weight is 357 g/mol. The van der Waals surface area contributed by atoms with Crippen LogP contribution < -0.4 is 4.90 Å². The van der Waals surface area contributed by atoms with E-state index in [0.717, 1.165) is 49.6 Å². The van der Waals surface area contributed by atoms with Crippen molar-refractivity contribution in [3.8, 4) is 5.75 Å². The number of hydrogen-bond acceptors (Lipinski definition) is 5. The topological polar surface area (TPSA) is 56.7 Å². The van der Waals surface area contributed by atoms with Crippen LogP contribution in [0.1, 0.15) is 40.0 Å². The molecule has 1 fully saturated rings. The number of benzene rings is 1. The fraction of sp³-hybridized carbons (Fsp3) is 0.474. The second kappa shape index (κ2) is 6.67. The highest BCUT2D eigenvalue weighted by Gasteiger charge is 2.26. The van der Waals surface area contributed by atoms with Gasteiger partial charge in [-0.2, -0.15) is 0 Å². The Kier molecular flexibility index (Phi) is 4.37. The molecule has 132 valence electrons. The zero-order valence-corrected chi connectivity index (χ0v) is 15.3. The van der Waals surface area contributed by atoms with E-state index < -0.39 is 0 Å². The molecular weight excluding hydrogens is 334 g/mol. The molecule has 6 heteroatoms. The standard InChI is InChI=1S/C19H23N3O2S/c1-13-12-25-19(20-13)22-8-6-21(7-9-22)18(24)16-10-14-4-2-3-5-15(14)11-17(16)23/h10-12,23H,2-9H2,1H3. The van der Waals surface area contributed by atoms with Crippen LogP contribution in [-0.2, 0) is 12.8 Å². The van der Waals surface area contributed by atoms with Gasteiger partial charge in [0.05, 0.1) is 11.3 Å². The second-order valence-corrected chi connectivity index (χ2v) is 7.73. The Morgan fingerprint density at radius 1 is 1.12 bits per heavy atom. The Hall–Kier alpha value is -2.08. The molecule has 2 heterocycles. The number of phenols is 1. The maximum absolute atomic E-state index is 12.9. The molecule has 0 atom stereocenters. The number of hydrogen-bond donors (Lipinski definition) is 1. The van der Waals surface area contributed by atoms with Crippen molar-refractivity contribution in [2.24, 2.45) is 0 Å². The summed E-state index contributed by atoms with van der Waals surface area (Å²) in [4.78, 5) is 21.5. The fourth-order valence-electron chi connectivity index (χ4n) is 3.70. The first-order valence-electron chi connectivity index (χ1n) is 8.93. The van der Waals surface area contributed by atoms with Crippen LogP contribution in [0.25, 0.3) is 0 Å². The van der Waals surface area contributed by atoms with Gasteiger partial charge in [-0.25, -0.2) is 4.98 Å². The molecule has 1 saturated heterocycles. The van der Waals surface area contributed by atoms with E-state index in [1.807, 2.05) is 17.9 Å². The Morgan fingerprint density at radius 2 is 1.80 bits per heavy atom. The molecule has 2 aromatic rings. The first-order chi connectivity index (χ1) is 12.1. The number of phenolic OH excluding ortho intramolecular Hbond substituents is 1. The molecule has 1 aromatic carbocycles. The Balaban J connectivity index is 1.47. The van der Waals surface area contributed by atoms with Crippen molar-refractivity contribution in [1.29, 1.82) is 0 Å². The molecule has 25 heavy (non-hydrogen) atoms. The first kappa shape index (κ1) is 16.4. The van der Waals surface area contributed by atoms with Gasteiger partial charge in [0, 0.05) is 31.6 Å². The van der Waals surface area contributed by atoms with Crippen LogP contribution in [0.15, 0.2) is 17.5 Å². The first-order valence-corrected chi connectivity index (χ1v) is 9.81.